The van der Waals surface area contributed by atoms with E-state index in [-0.39, 0.29) is 21.5 Å². The summed E-state index contributed by atoms with van der Waals surface area (Å²) in [5, 5.41) is 3.49. The summed E-state index contributed by atoms with van der Waals surface area (Å²) in [6.07, 6.45) is 1.07. The number of carbonyl (C=O) groups excluding carboxylic acids is 1. The number of hydrogen-bond acceptors (Lipinski definition) is 7. The van der Waals surface area contributed by atoms with Gasteiger partial charge >= 0.3 is 5.97 Å². The van der Waals surface area contributed by atoms with Gasteiger partial charge < -0.3 is 15.8 Å². The van der Waals surface area contributed by atoms with Crippen LogP contribution in [0.1, 0.15) is 30.4 Å². The monoisotopic (exact) mass is 320 g/mol. The minimum Gasteiger partial charge on any atom is -0.465 e. The molecule has 1 heterocycles. The molecule has 1 aromatic rings. The highest BCUT2D eigenvalue weighted by atomic mass is 32.2. The highest BCUT2D eigenvalue weighted by molar-refractivity contribution is 7.91. The molecule has 0 saturated carbocycles. The van der Waals surface area contributed by atoms with E-state index in [9.17, 15) is 13.2 Å². The van der Waals surface area contributed by atoms with Crippen LogP contribution < -0.4 is 11.1 Å². The zero-order valence-corrected chi connectivity index (χ0v) is 13.8. The molecular weight excluding hydrogens is 300 g/mol. The molecule has 0 aliphatic carbocycles. The summed E-state index contributed by atoms with van der Waals surface area (Å²) in [4.78, 5) is 11.7. The molecule has 0 aliphatic rings. The number of ether oxygens (including phenoxy) is 1. The molecule has 1 atom stereocenters. The topological polar surface area (TPSA) is 98.5 Å². The number of nitrogens with two attached hydrogens (primary N) is 1. The van der Waals surface area contributed by atoms with Crippen molar-refractivity contribution in [2.45, 2.75) is 31.7 Å². The minimum absolute atomic E-state index is 0.0320. The number of nitrogens with one attached hydrogen (secondary N) is 1. The van der Waals surface area contributed by atoms with Gasteiger partial charge in [-0.1, -0.05) is 13.8 Å². The van der Waals surface area contributed by atoms with Gasteiger partial charge in [0.1, 0.15) is 14.8 Å². The summed E-state index contributed by atoms with van der Waals surface area (Å²) < 4.78 is 28.4. The van der Waals surface area contributed by atoms with Gasteiger partial charge in [0.05, 0.1) is 12.8 Å². The van der Waals surface area contributed by atoms with Crippen molar-refractivity contribution in [3.05, 3.63) is 4.88 Å². The summed E-state index contributed by atoms with van der Waals surface area (Å²) in [6, 6.07) is 0.0408. The number of nitrogen functional groups attached to an aromatic ring is 1. The van der Waals surface area contributed by atoms with Crippen LogP contribution in [0, 0.1) is 5.92 Å². The first-order valence-corrected chi connectivity index (χ1v) is 8.77. The van der Waals surface area contributed by atoms with E-state index in [1.165, 1.54) is 7.11 Å². The fraction of sp³-hybridized carbons (Fsp3) is 0.583. The minimum atomic E-state index is -3.54. The molecular formula is C12H20N2O4S2. The van der Waals surface area contributed by atoms with Crippen molar-refractivity contribution in [2.75, 3.05) is 24.4 Å². The number of esters is 1. The Morgan fingerprint density at radius 1 is 1.35 bits per heavy atom. The lowest BCUT2D eigenvalue weighted by molar-refractivity contribution is 0.0607. The number of carbonyl (C=O) groups is 1. The van der Waals surface area contributed by atoms with E-state index in [0.717, 1.165) is 17.6 Å². The number of methoxy groups -OCH3 is 1. The molecule has 0 amide bonds. The summed E-state index contributed by atoms with van der Waals surface area (Å²) >= 11 is 1.00. The van der Waals surface area contributed by atoms with Crippen molar-refractivity contribution in [3.8, 4) is 0 Å². The first kappa shape index (κ1) is 16.8. The lowest BCUT2D eigenvalue weighted by Crippen LogP contribution is -2.21. The largest absolute Gasteiger partial charge is 0.465 e. The van der Waals surface area contributed by atoms with E-state index in [1.54, 1.807) is 0 Å². The summed E-state index contributed by atoms with van der Waals surface area (Å²) in [5.41, 5.74) is 5.76. The Hall–Kier alpha value is -1.28. The van der Waals surface area contributed by atoms with E-state index in [0.29, 0.717) is 10.9 Å². The number of sulfone groups is 1. The van der Waals surface area contributed by atoms with Gasteiger partial charge in [-0.25, -0.2) is 13.2 Å². The number of thiophene rings is 1. The molecule has 3 N–H and O–H groups in total. The van der Waals surface area contributed by atoms with Gasteiger partial charge in [-0.15, -0.1) is 11.3 Å². The molecule has 0 aromatic carbocycles. The third-order valence-electron chi connectivity index (χ3n) is 3.00. The number of rotatable bonds is 5. The first-order chi connectivity index (χ1) is 9.09. The Labute approximate surface area is 123 Å². The van der Waals surface area contributed by atoms with Crippen LogP contribution in [0.2, 0.25) is 0 Å². The van der Waals surface area contributed by atoms with Crippen molar-refractivity contribution in [3.63, 3.8) is 0 Å². The molecule has 0 saturated heterocycles. The van der Waals surface area contributed by atoms with Crippen LogP contribution in [0.25, 0.3) is 0 Å². The highest BCUT2D eigenvalue weighted by Crippen LogP contribution is 2.40. The third-order valence-corrected chi connectivity index (χ3v) is 5.41. The number of hydrogen-bond donors (Lipinski definition) is 2. The van der Waals surface area contributed by atoms with Gasteiger partial charge in [0.15, 0.2) is 9.84 Å². The van der Waals surface area contributed by atoms with Crippen LogP contribution in [-0.2, 0) is 14.6 Å². The third kappa shape index (κ3) is 3.43. The van der Waals surface area contributed by atoms with Gasteiger partial charge in [-0.2, -0.15) is 0 Å². The van der Waals surface area contributed by atoms with Crippen molar-refractivity contribution < 1.29 is 17.9 Å². The fourth-order valence-corrected chi connectivity index (χ4v) is 4.08. The second kappa shape index (κ2) is 6.01. The molecule has 0 aliphatic heterocycles. The van der Waals surface area contributed by atoms with E-state index in [4.69, 9.17) is 5.73 Å². The Morgan fingerprint density at radius 2 is 1.90 bits per heavy atom. The number of anilines is 2. The van der Waals surface area contributed by atoms with Crippen LogP contribution in [0.3, 0.4) is 0 Å². The molecule has 20 heavy (non-hydrogen) atoms. The maximum Gasteiger partial charge on any atom is 0.350 e. The summed E-state index contributed by atoms with van der Waals surface area (Å²) in [6.45, 7) is 5.95. The Balaban J connectivity index is 3.39. The molecule has 1 aromatic heterocycles. The van der Waals surface area contributed by atoms with Crippen LogP contribution >= 0.6 is 11.3 Å². The van der Waals surface area contributed by atoms with Gasteiger partial charge in [-0.3, -0.25) is 0 Å². The van der Waals surface area contributed by atoms with Gasteiger partial charge in [0.2, 0.25) is 0 Å². The summed E-state index contributed by atoms with van der Waals surface area (Å²) in [7, 11) is -2.31. The van der Waals surface area contributed by atoms with Gasteiger partial charge in [0, 0.05) is 12.3 Å². The lowest BCUT2D eigenvalue weighted by Gasteiger charge is -2.18. The van der Waals surface area contributed by atoms with Crippen molar-refractivity contribution in [1.82, 2.24) is 0 Å². The van der Waals surface area contributed by atoms with Crippen LogP contribution in [-0.4, -0.2) is 33.8 Å². The maximum absolute atomic E-state index is 11.9. The Kier molecular flexibility index (Phi) is 5.04. The molecule has 0 bridgehead atoms. The Bertz CT molecular complexity index is 605. The van der Waals surface area contributed by atoms with E-state index in [1.807, 2.05) is 20.8 Å². The average molecular weight is 320 g/mol. The molecule has 114 valence electrons. The van der Waals surface area contributed by atoms with Crippen LogP contribution in [0.5, 0.6) is 0 Å². The predicted molar refractivity (Wildman–Crippen MR) is 81.1 cm³/mol. The van der Waals surface area contributed by atoms with Crippen LogP contribution in [0.4, 0.5) is 10.7 Å². The quantitative estimate of drug-likeness (QED) is 0.805. The molecule has 1 rings (SSSR count). The van der Waals surface area contributed by atoms with Crippen molar-refractivity contribution in [2.24, 2.45) is 5.92 Å². The van der Waals surface area contributed by atoms with E-state index < -0.39 is 15.8 Å². The second-order valence-corrected chi connectivity index (χ2v) is 7.92. The predicted octanol–water partition coefficient (Wildman–Crippen LogP) is 1.98. The summed E-state index contributed by atoms with van der Waals surface area (Å²) in [5.74, 6) is -0.338. The van der Waals surface area contributed by atoms with E-state index >= 15 is 0 Å². The van der Waals surface area contributed by atoms with Crippen LogP contribution in [0.15, 0.2) is 4.90 Å². The van der Waals surface area contributed by atoms with E-state index in [2.05, 4.69) is 10.1 Å². The zero-order valence-electron chi connectivity index (χ0n) is 12.2. The molecule has 0 radical (unpaired) electrons. The van der Waals surface area contributed by atoms with Crippen molar-refractivity contribution >= 4 is 37.8 Å². The lowest BCUT2D eigenvalue weighted by atomic mass is 10.1. The second-order valence-electron chi connectivity index (χ2n) is 4.94. The van der Waals surface area contributed by atoms with Gasteiger partial charge in [0.25, 0.3) is 0 Å². The first-order valence-electron chi connectivity index (χ1n) is 6.06. The SMILES string of the molecule is COC(=O)c1sc(NC(C)C(C)C)c(S(C)(=O)=O)c1N. The molecule has 0 spiro atoms. The molecule has 8 heteroatoms. The maximum atomic E-state index is 11.9. The normalized spacial score (nSPS) is 13.3. The highest BCUT2D eigenvalue weighted by Gasteiger charge is 2.28. The zero-order chi connectivity index (χ0) is 15.7. The Morgan fingerprint density at radius 3 is 2.30 bits per heavy atom. The van der Waals surface area contributed by atoms with Crippen molar-refractivity contribution in [1.29, 1.82) is 0 Å². The molecule has 1 unspecified atom stereocenters. The van der Waals surface area contributed by atoms with Gasteiger partial charge in [-0.05, 0) is 12.8 Å². The molecule has 6 nitrogen and oxygen atoms in total. The fourth-order valence-electron chi connectivity index (χ4n) is 1.51. The average Bonchev–Trinajstić information content (AvgIpc) is 2.64. The smallest absolute Gasteiger partial charge is 0.350 e. The standard InChI is InChI=1S/C12H20N2O4S2/c1-6(2)7(3)14-11-10(20(5,16)17)8(13)9(19-11)12(15)18-4/h6-7,14H,13H2,1-5H3. The molecule has 0 fully saturated rings.